The Morgan fingerprint density at radius 3 is 2.38 bits per heavy atom. The molecule has 88 valence electrons. The summed E-state index contributed by atoms with van der Waals surface area (Å²) in [6.45, 7) is 4.78. The fourth-order valence-corrected chi connectivity index (χ4v) is 1.44. The maximum absolute atomic E-state index is 6.04. The summed E-state index contributed by atoms with van der Waals surface area (Å²) >= 11 is 6.04. The second-order valence-corrected chi connectivity index (χ2v) is 3.90. The van der Waals surface area contributed by atoms with Crippen molar-refractivity contribution in [1.29, 1.82) is 0 Å². The monoisotopic (exact) mass is 241 g/mol. The molecule has 0 bridgehead atoms. The number of aliphatic imine (C=N–C) groups is 1. The summed E-state index contributed by atoms with van der Waals surface area (Å²) in [4.78, 5) is 3.82. The van der Waals surface area contributed by atoms with E-state index in [1.54, 1.807) is 0 Å². The average molecular weight is 242 g/mol. The van der Waals surface area contributed by atoms with Gasteiger partial charge in [-0.2, -0.15) is 0 Å². The van der Waals surface area contributed by atoms with Crippen molar-refractivity contribution in [2.75, 3.05) is 13.2 Å². The molecule has 0 aliphatic heterocycles. The highest BCUT2D eigenvalue weighted by molar-refractivity contribution is 6.32. The number of nitrogens with two attached hydrogens (primary N) is 2. The van der Waals surface area contributed by atoms with Gasteiger partial charge in [-0.15, -0.1) is 0 Å². The van der Waals surface area contributed by atoms with Gasteiger partial charge in [-0.25, -0.2) is 0 Å². The van der Waals surface area contributed by atoms with Crippen LogP contribution in [0.5, 0.6) is 5.75 Å². The molecular formula is C11H16ClN3O. The van der Waals surface area contributed by atoms with Gasteiger partial charge < -0.3 is 16.2 Å². The largest absolute Gasteiger partial charge is 0.492 e. The molecule has 0 unspecified atom stereocenters. The fourth-order valence-electron chi connectivity index (χ4n) is 1.33. The standard InChI is InChI=1S/C11H16ClN3O/c1-7-5-9(6-8(2)10(7)12)16-4-3-15-11(13)14/h5-6H,3-4H2,1-2H3,(H4,13,14,15). The summed E-state index contributed by atoms with van der Waals surface area (Å²) < 4.78 is 5.50. The molecule has 0 saturated heterocycles. The van der Waals surface area contributed by atoms with Crippen molar-refractivity contribution >= 4 is 17.6 Å². The van der Waals surface area contributed by atoms with Crippen molar-refractivity contribution < 1.29 is 4.74 Å². The number of ether oxygens (including phenoxy) is 1. The third-order valence-corrected chi connectivity index (χ3v) is 2.66. The van der Waals surface area contributed by atoms with E-state index in [0.29, 0.717) is 13.2 Å². The van der Waals surface area contributed by atoms with Crippen molar-refractivity contribution in [3.8, 4) is 5.75 Å². The van der Waals surface area contributed by atoms with Crippen molar-refractivity contribution in [2.24, 2.45) is 16.5 Å². The van der Waals surface area contributed by atoms with Gasteiger partial charge in [-0.3, -0.25) is 4.99 Å². The quantitative estimate of drug-likeness (QED) is 0.478. The molecule has 0 amide bonds. The zero-order chi connectivity index (χ0) is 12.1. The van der Waals surface area contributed by atoms with Crippen LogP contribution in [0.3, 0.4) is 0 Å². The lowest BCUT2D eigenvalue weighted by Gasteiger charge is -2.08. The van der Waals surface area contributed by atoms with Gasteiger partial charge in [-0.1, -0.05) is 11.6 Å². The summed E-state index contributed by atoms with van der Waals surface area (Å²) in [5.41, 5.74) is 12.4. The highest BCUT2D eigenvalue weighted by Gasteiger charge is 2.03. The van der Waals surface area contributed by atoms with Crippen molar-refractivity contribution in [3.63, 3.8) is 0 Å². The molecule has 1 rings (SSSR count). The van der Waals surface area contributed by atoms with Crippen LogP contribution in [0, 0.1) is 13.8 Å². The maximum atomic E-state index is 6.04. The van der Waals surface area contributed by atoms with Gasteiger partial charge >= 0.3 is 0 Å². The molecule has 0 saturated carbocycles. The molecule has 0 spiro atoms. The molecule has 5 heteroatoms. The number of halogens is 1. The lowest BCUT2D eigenvalue weighted by atomic mass is 10.1. The van der Waals surface area contributed by atoms with Gasteiger partial charge in [0.05, 0.1) is 6.54 Å². The van der Waals surface area contributed by atoms with E-state index >= 15 is 0 Å². The highest BCUT2D eigenvalue weighted by atomic mass is 35.5. The van der Waals surface area contributed by atoms with Gasteiger partial charge in [0.2, 0.25) is 0 Å². The molecule has 4 N–H and O–H groups in total. The molecule has 0 atom stereocenters. The molecular weight excluding hydrogens is 226 g/mol. The Hall–Kier alpha value is -1.42. The summed E-state index contributed by atoms with van der Waals surface area (Å²) in [5.74, 6) is 0.859. The van der Waals surface area contributed by atoms with Crippen molar-refractivity contribution in [2.45, 2.75) is 13.8 Å². The number of rotatable bonds is 4. The SMILES string of the molecule is Cc1cc(OCCN=C(N)N)cc(C)c1Cl. The van der Waals surface area contributed by atoms with E-state index < -0.39 is 0 Å². The maximum Gasteiger partial charge on any atom is 0.186 e. The van der Waals surface area contributed by atoms with Crippen LogP contribution in [0.15, 0.2) is 17.1 Å². The highest BCUT2D eigenvalue weighted by Crippen LogP contribution is 2.25. The van der Waals surface area contributed by atoms with Crippen LogP contribution in [0.1, 0.15) is 11.1 Å². The van der Waals surface area contributed by atoms with Gasteiger partial charge in [0.25, 0.3) is 0 Å². The van der Waals surface area contributed by atoms with Crippen molar-refractivity contribution in [3.05, 3.63) is 28.3 Å². The molecule has 0 fully saturated rings. The Morgan fingerprint density at radius 2 is 1.88 bits per heavy atom. The Labute approximate surface area is 100 Å². The Bertz CT molecular complexity index is 377. The number of benzene rings is 1. The van der Waals surface area contributed by atoms with Gasteiger partial charge in [0.1, 0.15) is 12.4 Å². The minimum Gasteiger partial charge on any atom is -0.492 e. The number of hydrogen-bond acceptors (Lipinski definition) is 2. The minimum absolute atomic E-state index is 0.0760. The first-order chi connectivity index (χ1) is 7.50. The van der Waals surface area contributed by atoms with Crippen LogP contribution >= 0.6 is 11.6 Å². The first-order valence-corrected chi connectivity index (χ1v) is 5.33. The van der Waals surface area contributed by atoms with E-state index in [1.807, 2.05) is 26.0 Å². The molecule has 0 heterocycles. The topological polar surface area (TPSA) is 73.6 Å². The molecule has 1 aromatic rings. The predicted molar refractivity (Wildman–Crippen MR) is 67.1 cm³/mol. The van der Waals surface area contributed by atoms with Gasteiger partial charge in [-0.05, 0) is 37.1 Å². The lowest BCUT2D eigenvalue weighted by molar-refractivity contribution is 0.328. The lowest BCUT2D eigenvalue weighted by Crippen LogP contribution is -2.23. The normalized spacial score (nSPS) is 9.94. The van der Waals surface area contributed by atoms with Crippen LogP contribution in [-0.2, 0) is 0 Å². The van der Waals surface area contributed by atoms with Gasteiger partial charge in [0, 0.05) is 5.02 Å². The molecule has 16 heavy (non-hydrogen) atoms. The minimum atomic E-state index is 0.0760. The van der Waals surface area contributed by atoms with Gasteiger partial charge in [0.15, 0.2) is 5.96 Å². The molecule has 0 aromatic heterocycles. The van der Waals surface area contributed by atoms with Crippen LogP contribution in [0.4, 0.5) is 0 Å². The average Bonchev–Trinajstić information content (AvgIpc) is 2.20. The second kappa shape index (κ2) is 5.61. The first kappa shape index (κ1) is 12.6. The third kappa shape index (κ3) is 3.62. The number of guanidine groups is 1. The summed E-state index contributed by atoms with van der Waals surface area (Å²) in [6.07, 6.45) is 0. The Morgan fingerprint density at radius 1 is 1.31 bits per heavy atom. The van der Waals surface area contributed by atoms with E-state index in [9.17, 15) is 0 Å². The number of hydrogen-bond donors (Lipinski definition) is 2. The first-order valence-electron chi connectivity index (χ1n) is 4.95. The van der Waals surface area contributed by atoms with Crippen LogP contribution in [-0.4, -0.2) is 19.1 Å². The summed E-state index contributed by atoms with van der Waals surface area (Å²) in [7, 11) is 0. The number of nitrogens with zero attached hydrogens (tertiary/aromatic N) is 1. The van der Waals surface area contributed by atoms with Crippen LogP contribution in [0.25, 0.3) is 0 Å². The summed E-state index contributed by atoms with van der Waals surface area (Å²) in [6, 6.07) is 3.79. The summed E-state index contributed by atoms with van der Waals surface area (Å²) in [5, 5.41) is 0.775. The van der Waals surface area contributed by atoms with E-state index in [2.05, 4.69) is 4.99 Å². The molecule has 0 radical (unpaired) electrons. The predicted octanol–water partition coefficient (Wildman–Crippen LogP) is 1.61. The zero-order valence-electron chi connectivity index (χ0n) is 9.46. The third-order valence-electron chi connectivity index (χ3n) is 2.06. The fraction of sp³-hybridized carbons (Fsp3) is 0.364. The van der Waals surface area contributed by atoms with E-state index in [0.717, 1.165) is 21.9 Å². The van der Waals surface area contributed by atoms with Crippen LogP contribution < -0.4 is 16.2 Å². The van der Waals surface area contributed by atoms with E-state index in [1.165, 1.54) is 0 Å². The van der Waals surface area contributed by atoms with Crippen LogP contribution in [0.2, 0.25) is 5.02 Å². The smallest absolute Gasteiger partial charge is 0.186 e. The van der Waals surface area contributed by atoms with E-state index in [4.69, 9.17) is 27.8 Å². The second-order valence-electron chi connectivity index (χ2n) is 3.53. The molecule has 0 aliphatic carbocycles. The molecule has 4 nitrogen and oxygen atoms in total. The van der Waals surface area contributed by atoms with E-state index in [-0.39, 0.29) is 5.96 Å². The molecule has 1 aromatic carbocycles. The van der Waals surface area contributed by atoms with Crippen molar-refractivity contribution in [1.82, 2.24) is 0 Å². The molecule has 0 aliphatic rings. The Kier molecular flexibility index (Phi) is 4.43. The zero-order valence-corrected chi connectivity index (χ0v) is 10.2. The Balaban J connectivity index is 2.58. The number of aryl methyl sites for hydroxylation is 2.